The quantitative estimate of drug-likeness (QED) is 0.423. The number of aliphatic hydroxyl groups is 1. The molecule has 0 atom stereocenters. The molecule has 0 radical (unpaired) electrons. The van der Waals surface area contributed by atoms with Crippen molar-refractivity contribution in [3.8, 4) is 22.8 Å². The van der Waals surface area contributed by atoms with E-state index in [-0.39, 0.29) is 18.0 Å². The van der Waals surface area contributed by atoms with Crippen molar-refractivity contribution in [1.29, 1.82) is 0 Å². The van der Waals surface area contributed by atoms with Crippen LogP contribution in [0, 0.1) is 6.92 Å². The van der Waals surface area contributed by atoms with Gasteiger partial charge in [0.05, 0.1) is 22.8 Å². The molecule has 1 N–H and O–H groups in total. The summed E-state index contributed by atoms with van der Waals surface area (Å²) in [5.41, 5.74) is 1.74. The summed E-state index contributed by atoms with van der Waals surface area (Å²) in [6, 6.07) is 8.88. The fourth-order valence-corrected chi connectivity index (χ4v) is 3.70. The second-order valence-electron chi connectivity index (χ2n) is 8.10. The third-order valence-corrected chi connectivity index (χ3v) is 5.64. The lowest BCUT2D eigenvalue weighted by molar-refractivity contribution is 0.0688. The lowest BCUT2D eigenvalue weighted by Gasteiger charge is -2.16. The Bertz CT molecular complexity index is 1370. The van der Waals surface area contributed by atoms with E-state index in [2.05, 4.69) is 36.0 Å². The minimum Gasteiger partial charge on any atom is -0.486 e. The molecule has 0 fully saturated rings. The molecule has 4 heterocycles. The third-order valence-electron chi connectivity index (χ3n) is 4.91. The number of halogens is 1. The van der Waals surface area contributed by atoms with Crippen LogP contribution in [-0.2, 0) is 19.3 Å². The SMILES string of the molecule is Cc1cc(OCc2ccn(C)n2)c(Br)c(=O)n1-c1ccnc(-c2ccnc(C(C)(C)O)n2)c1. The fourth-order valence-electron chi connectivity index (χ4n) is 3.29. The van der Waals surface area contributed by atoms with Crippen LogP contribution >= 0.6 is 15.9 Å². The van der Waals surface area contributed by atoms with Crippen LogP contribution < -0.4 is 10.3 Å². The molecule has 4 aromatic heterocycles. The van der Waals surface area contributed by atoms with Crippen LogP contribution in [0.1, 0.15) is 31.1 Å². The zero-order valence-electron chi connectivity index (χ0n) is 18.7. The molecule has 0 saturated carbocycles. The highest BCUT2D eigenvalue weighted by Gasteiger charge is 2.20. The van der Waals surface area contributed by atoms with E-state index in [1.807, 2.05) is 26.2 Å². The van der Waals surface area contributed by atoms with Gasteiger partial charge in [-0.15, -0.1) is 0 Å². The molecule has 10 heteroatoms. The van der Waals surface area contributed by atoms with Crippen molar-refractivity contribution in [2.24, 2.45) is 7.05 Å². The Balaban J connectivity index is 1.69. The van der Waals surface area contributed by atoms with Gasteiger partial charge < -0.3 is 9.84 Å². The molecule has 0 saturated heterocycles. The maximum atomic E-state index is 13.2. The molecule has 0 bridgehead atoms. The van der Waals surface area contributed by atoms with Crippen LogP contribution in [0.5, 0.6) is 5.75 Å². The molecular formula is C23H23BrN6O3. The second-order valence-corrected chi connectivity index (χ2v) is 8.89. The van der Waals surface area contributed by atoms with Gasteiger partial charge >= 0.3 is 0 Å². The van der Waals surface area contributed by atoms with Gasteiger partial charge in [0.1, 0.15) is 22.4 Å². The summed E-state index contributed by atoms with van der Waals surface area (Å²) in [6.07, 6.45) is 5.02. The lowest BCUT2D eigenvalue weighted by Crippen LogP contribution is -2.22. The van der Waals surface area contributed by atoms with Crippen LogP contribution in [0.15, 0.2) is 58.2 Å². The Kier molecular flexibility index (Phi) is 6.13. The molecule has 0 spiro atoms. The van der Waals surface area contributed by atoms with Gasteiger partial charge in [0.15, 0.2) is 5.82 Å². The highest BCUT2D eigenvalue weighted by Crippen LogP contribution is 2.26. The largest absolute Gasteiger partial charge is 0.486 e. The fraction of sp³-hybridized carbons (Fsp3) is 0.261. The Hall–Kier alpha value is -3.37. The Morgan fingerprint density at radius 1 is 1.12 bits per heavy atom. The van der Waals surface area contributed by atoms with E-state index in [0.29, 0.717) is 33.0 Å². The maximum Gasteiger partial charge on any atom is 0.273 e. The predicted molar refractivity (Wildman–Crippen MR) is 126 cm³/mol. The molecular weight excluding hydrogens is 488 g/mol. The molecule has 33 heavy (non-hydrogen) atoms. The van der Waals surface area contributed by atoms with Crippen LogP contribution in [-0.4, -0.2) is 34.4 Å². The highest BCUT2D eigenvalue weighted by atomic mass is 79.9. The topological polar surface area (TPSA) is 108 Å². The van der Waals surface area contributed by atoms with Crippen molar-refractivity contribution in [3.63, 3.8) is 0 Å². The van der Waals surface area contributed by atoms with Crippen molar-refractivity contribution in [2.45, 2.75) is 33.0 Å². The smallest absolute Gasteiger partial charge is 0.273 e. The maximum absolute atomic E-state index is 13.2. The summed E-state index contributed by atoms with van der Waals surface area (Å²) in [7, 11) is 1.83. The summed E-state index contributed by atoms with van der Waals surface area (Å²) >= 11 is 3.39. The molecule has 0 unspecified atom stereocenters. The van der Waals surface area contributed by atoms with E-state index < -0.39 is 5.60 Å². The number of rotatable bonds is 6. The number of ether oxygens (including phenoxy) is 1. The van der Waals surface area contributed by atoms with Crippen LogP contribution in [0.25, 0.3) is 17.1 Å². The van der Waals surface area contributed by atoms with Crippen LogP contribution in [0.4, 0.5) is 0 Å². The van der Waals surface area contributed by atoms with Crippen molar-refractivity contribution in [2.75, 3.05) is 0 Å². The van der Waals surface area contributed by atoms with E-state index in [1.54, 1.807) is 59.8 Å². The number of nitrogens with zero attached hydrogens (tertiary/aromatic N) is 6. The van der Waals surface area contributed by atoms with Gasteiger partial charge in [0, 0.05) is 37.4 Å². The first kappa shape index (κ1) is 22.8. The van der Waals surface area contributed by atoms with E-state index in [4.69, 9.17) is 4.74 Å². The van der Waals surface area contributed by atoms with Gasteiger partial charge in [-0.2, -0.15) is 5.10 Å². The van der Waals surface area contributed by atoms with Gasteiger partial charge in [-0.3, -0.25) is 19.0 Å². The zero-order valence-corrected chi connectivity index (χ0v) is 20.2. The van der Waals surface area contributed by atoms with Crippen molar-refractivity contribution in [1.82, 2.24) is 29.3 Å². The normalized spacial score (nSPS) is 11.6. The van der Waals surface area contributed by atoms with Gasteiger partial charge in [0.25, 0.3) is 5.56 Å². The first-order valence-corrected chi connectivity index (χ1v) is 11.0. The van der Waals surface area contributed by atoms with Gasteiger partial charge in [-0.1, -0.05) is 0 Å². The standard InChI is InChI=1S/C23H23BrN6O3/c1-14-11-19(33-13-15-7-10-29(4)28-15)20(24)21(31)30(14)16-5-8-25-18(12-16)17-6-9-26-22(27-17)23(2,3)32/h5-12,32H,13H2,1-4H3. The van der Waals surface area contributed by atoms with Gasteiger partial charge in [-0.05, 0) is 61.0 Å². The lowest BCUT2D eigenvalue weighted by atomic mass is 10.1. The predicted octanol–water partition coefficient (Wildman–Crippen LogP) is 3.30. The van der Waals surface area contributed by atoms with E-state index in [9.17, 15) is 9.90 Å². The van der Waals surface area contributed by atoms with Crippen LogP contribution in [0.3, 0.4) is 0 Å². The van der Waals surface area contributed by atoms with Gasteiger partial charge in [0.2, 0.25) is 0 Å². The average Bonchev–Trinajstić information content (AvgIpc) is 3.20. The summed E-state index contributed by atoms with van der Waals surface area (Å²) in [5.74, 6) is 0.733. The number of aromatic nitrogens is 6. The zero-order chi connectivity index (χ0) is 23.8. The Morgan fingerprint density at radius 2 is 1.88 bits per heavy atom. The Labute approximate surface area is 198 Å². The first-order valence-electron chi connectivity index (χ1n) is 10.2. The second kappa shape index (κ2) is 8.87. The molecule has 0 amide bonds. The minimum atomic E-state index is -1.18. The minimum absolute atomic E-state index is 0.249. The number of hydrogen-bond donors (Lipinski definition) is 1. The van der Waals surface area contributed by atoms with E-state index >= 15 is 0 Å². The summed E-state index contributed by atoms with van der Waals surface area (Å²) in [4.78, 5) is 26.2. The molecule has 9 nitrogen and oxygen atoms in total. The highest BCUT2D eigenvalue weighted by molar-refractivity contribution is 9.10. The monoisotopic (exact) mass is 510 g/mol. The summed E-state index contributed by atoms with van der Waals surface area (Å²) in [6.45, 7) is 5.32. The van der Waals surface area contributed by atoms with Crippen LogP contribution in [0.2, 0.25) is 0 Å². The van der Waals surface area contributed by atoms with E-state index in [0.717, 1.165) is 5.69 Å². The third kappa shape index (κ3) is 4.86. The van der Waals surface area contributed by atoms with E-state index in [1.165, 1.54) is 0 Å². The molecule has 0 aromatic carbocycles. The van der Waals surface area contributed by atoms with Crippen molar-refractivity contribution in [3.05, 3.63) is 81.0 Å². The Morgan fingerprint density at radius 3 is 2.58 bits per heavy atom. The molecule has 0 aliphatic heterocycles. The number of aryl methyl sites for hydroxylation is 2. The molecule has 0 aliphatic rings. The number of hydrogen-bond acceptors (Lipinski definition) is 7. The number of pyridine rings is 2. The average molecular weight is 511 g/mol. The van der Waals surface area contributed by atoms with Gasteiger partial charge in [-0.25, -0.2) is 9.97 Å². The van der Waals surface area contributed by atoms with Crippen molar-refractivity contribution < 1.29 is 9.84 Å². The first-order chi connectivity index (χ1) is 15.6. The molecule has 4 aromatic rings. The molecule has 4 rings (SSSR count). The molecule has 0 aliphatic carbocycles. The summed E-state index contributed by atoms with van der Waals surface area (Å²) < 4.78 is 9.42. The molecule has 170 valence electrons. The van der Waals surface area contributed by atoms with Crippen molar-refractivity contribution >= 4 is 15.9 Å². The summed E-state index contributed by atoms with van der Waals surface area (Å²) in [5, 5.41) is 14.5.